The number of hydrogen-bond acceptors (Lipinski definition) is 2. The van der Waals surface area contributed by atoms with E-state index in [1.54, 1.807) is 0 Å². The van der Waals surface area contributed by atoms with E-state index in [2.05, 4.69) is 0 Å². The Labute approximate surface area is 69.2 Å². The SMILES string of the molecule is O.O.O=C(O)CC(=O)O.[Zn]. The average molecular weight is 205 g/mol. The Morgan fingerprint density at radius 1 is 1.00 bits per heavy atom. The first-order valence-corrected chi connectivity index (χ1v) is 1.56. The predicted molar refractivity (Wildman–Crippen MR) is 27.1 cm³/mol. The van der Waals surface area contributed by atoms with Crippen LogP contribution in [0, 0.1) is 0 Å². The van der Waals surface area contributed by atoms with Gasteiger partial charge in [-0.05, 0) is 0 Å². The first-order valence-electron chi connectivity index (χ1n) is 1.56. The molecule has 0 aliphatic heterocycles. The Kier molecular flexibility index (Phi) is 25.7. The minimum Gasteiger partial charge on any atom is -0.481 e. The van der Waals surface area contributed by atoms with Gasteiger partial charge in [-0.1, -0.05) is 0 Å². The zero-order chi connectivity index (χ0) is 5.86. The van der Waals surface area contributed by atoms with Crippen molar-refractivity contribution in [3.05, 3.63) is 0 Å². The van der Waals surface area contributed by atoms with E-state index in [4.69, 9.17) is 10.2 Å². The van der Waals surface area contributed by atoms with Crippen molar-refractivity contribution in [2.24, 2.45) is 0 Å². The summed E-state index contributed by atoms with van der Waals surface area (Å²) in [7, 11) is 0. The maximum Gasteiger partial charge on any atom is 0.314 e. The molecule has 0 bridgehead atoms. The van der Waals surface area contributed by atoms with Gasteiger partial charge in [-0.25, -0.2) is 0 Å². The summed E-state index contributed by atoms with van der Waals surface area (Å²) in [6.45, 7) is 0. The molecule has 0 aromatic rings. The van der Waals surface area contributed by atoms with E-state index >= 15 is 0 Å². The molecule has 0 radical (unpaired) electrons. The molecular weight excluding hydrogens is 197 g/mol. The van der Waals surface area contributed by atoms with Gasteiger partial charge in [0, 0.05) is 19.5 Å². The largest absolute Gasteiger partial charge is 0.481 e. The van der Waals surface area contributed by atoms with Crippen LogP contribution in [0.25, 0.3) is 0 Å². The Hall–Kier alpha value is -0.517. The molecule has 0 aliphatic carbocycles. The molecule has 0 atom stereocenters. The maximum atomic E-state index is 9.43. The van der Waals surface area contributed by atoms with Crippen LogP contribution in [0.15, 0.2) is 0 Å². The number of rotatable bonds is 2. The summed E-state index contributed by atoms with van der Waals surface area (Å²) in [5.41, 5.74) is 0. The molecule has 6 N–H and O–H groups in total. The first kappa shape index (κ1) is 22.7. The van der Waals surface area contributed by atoms with Crippen LogP contribution in [0.4, 0.5) is 0 Å². The van der Waals surface area contributed by atoms with Gasteiger partial charge in [-0.3, -0.25) is 9.59 Å². The molecule has 0 heterocycles. The molecule has 0 saturated carbocycles. The summed E-state index contributed by atoms with van der Waals surface area (Å²) >= 11 is 0. The zero-order valence-electron chi connectivity index (χ0n) is 5.13. The summed E-state index contributed by atoms with van der Waals surface area (Å²) in [4.78, 5) is 18.9. The fraction of sp³-hybridized carbons (Fsp3) is 0.333. The molecule has 10 heavy (non-hydrogen) atoms. The molecule has 0 rings (SSSR count). The minimum atomic E-state index is -1.31. The molecule has 0 aliphatic rings. The monoisotopic (exact) mass is 204 g/mol. The number of hydrogen-bond donors (Lipinski definition) is 2. The van der Waals surface area contributed by atoms with E-state index in [9.17, 15) is 9.59 Å². The molecule has 0 aromatic carbocycles. The standard InChI is InChI=1S/C3H4O4.2H2O.Zn/c4-2(5)1-3(6)7;;;/h1H2,(H,4,5)(H,6,7);2*1H2;. The third-order valence-corrected chi connectivity index (χ3v) is 0.302. The minimum absolute atomic E-state index is 0. The fourth-order valence-corrected chi connectivity index (χ4v) is 0.129. The van der Waals surface area contributed by atoms with Crippen LogP contribution < -0.4 is 0 Å². The normalized spacial score (nSPS) is 5.60. The van der Waals surface area contributed by atoms with Crippen LogP contribution in [0.5, 0.6) is 0 Å². The number of carboxylic acids is 2. The van der Waals surface area contributed by atoms with E-state index < -0.39 is 18.4 Å². The summed E-state index contributed by atoms with van der Waals surface area (Å²) in [6, 6.07) is 0. The van der Waals surface area contributed by atoms with E-state index in [0.717, 1.165) is 0 Å². The Bertz CT molecular complexity index is 89.2. The second-order valence-electron chi connectivity index (χ2n) is 0.964. The Morgan fingerprint density at radius 3 is 1.20 bits per heavy atom. The van der Waals surface area contributed by atoms with Crippen LogP contribution in [0.3, 0.4) is 0 Å². The number of carbonyl (C=O) groups is 2. The van der Waals surface area contributed by atoms with Gasteiger partial charge in [0.05, 0.1) is 0 Å². The molecule has 0 unspecified atom stereocenters. The van der Waals surface area contributed by atoms with Crippen molar-refractivity contribution in [1.82, 2.24) is 0 Å². The van der Waals surface area contributed by atoms with Gasteiger partial charge in [0.2, 0.25) is 0 Å². The molecule has 0 saturated heterocycles. The summed E-state index contributed by atoms with van der Waals surface area (Å²) in [5, 5.41) is 15.4. The van der Waals surface area contributed by atoms with Crippen molar-refractivity contribution in [3.63, 3.8) is 0 Å². The number of carboxylic acid groups (broad SMARTS) is 2. The van der Waals surface area contributed by atoms with Crippen LogP contribution in [0.1, 0.15) is 6.42 Å². The molecule has 6 nitrogen and oxygen atoms in total. The van der Waals surface area contributed by atoms with Crippen molar-refractivity contribution in [3.8, 4) is 0 Å². The average Bonchev–Trinajstić information content (AvgIpc) is 1.27. The zero-order valence-corrected chi connectivity index (χ0v) is 8.09. The van der Waals surface area contributed by atoms with Gasteiger partial charge in [0.25, 0.3) is 0 Å². The van der Waals surface area contributed by atoms with Crippen LogP contribution in [0.2, 0.25) is 0 Å². The van der Waals surface area contributed by atoms with E-state index in [0.29, 0.717) is 0 Å². The van der Waals surface area contributed by atoms with Crippen LogP contribution >= 0.6 is 0 Å². The van der Waals surface area contributed by atoms with E-state index in [-0.39, 0.29) is 30.4 Å². The quantitative estimate of drug-likeness (QED) is 0.394. The summed E-state index contributed by atoms with van der Waals surface area (Å²) in [6.07, 6.45) is -0.806. The second kappa shape index (κ2) is 11.3. The summed E-state index contributed by atoms with van der Waals surface area (Å²) < 4.78 is 0. The topological polar surface area (TPSA) is 138 Å². The molecule has 0 amide bonds. The second-order valence-corrected chi connectivity index (χ2v) is 0.964. The van der Waals surface area contributed by atoms with Gasteiger partial charge in [-0.2, -0.15) is 0 Å². The molecule has 0 fully saturated rings. The fourth-order valence-electron chi connectivity index (χ4n) is 0.129. The van der Waals surface area contributed by atoms with Crippen molar-refractivity contribution < 1.29 is 50.2 Å². The van der Waals surface area contributed by atoms with Crippen molar-refractivity contribution >= 4 is 11.9 Å². The smallest absolute Gasteiger partial charge is 0.314 e. The van der Waals surface area contributed by atoms with E-state index in [1.807, 2.05) is 0 Å². The third-order valence-electron chi connectivity index (χ3n) is 0.302. The van der Waals surface area contributed by atoms with Gasteiger partial charge < -0.3 is 21.2 Å². The third kappa shape index (κ3) is 25.9. The van der Waals surface area contributed by atoms with Crippen LogP contribution in [-0.2, 0) is 29.1 Å². The summed E-state index contributed by atoms with van der Waals surface area (Å²) in [5.74, 6) is -2.62. The molecular formula is C3H8O6Zn. The first-order chi connectivity index (χ1) is 3.13. The molecule has 0 spiro atoms. The van der Waals surface area contributed by atoms with Crippen molar-refractivity contribution in [2.45, 2.75) is 6.42 Å². The molecule has 0 aromatic heterocycles. The van der Waals surface area contributed by atoms with Gasteiger partial charge >= 0.3 is 11.9 Å². The predicted octanol–water partition coefficient (Wildman–Crippen LogP) is -2.11. The molecule has 7 heteroatoms. The van der Waals surface area contributed by atoms with Crippen molar-refractivity contribution in [2.75, 3.05) is 0 Å². The Morgan fingerprint density at radius 2 is 1.20 bits per heavy atom. The maximum absolute atomic E-state index is 9.43. The molecule has 58 valence electrons. The van der Waals surface area contributed by atoms with E-state index in [1.165, 1.54) is 0 Å². The van der Waals surface area contributed by atoms with Gasteiger partial charge in [0.1, 0.15) is 6.42 Å². The number of aliphatic carboxylic acids is 2. The van der Waals surface area contributed by atoms with Crippen molar-refractivity contribution in [1.29, 1.82) is 0 Å². The van der Waals surface area contributed by atoms with Crippen LogP contribution in [-0.4, -0.2) is 33.1 Å². The Balaban J connectivity index is -0.0000000600. The van der Waals surface area contributed by atoms with Gasteiger partial charge in [-0.15, -0.1) is 0 Å². The van der Waals surface area contributed by atoms with Gasteiger partial charge in [0.15, 0.2) is 0 Å².